The lowest BCUT2D eigenvalue weighted by Gasteiger charge is -2.18. The van der Waals surface area contributed by atoms with Crippen molar-refractivity contribution >= 4 is 11.8 Å². The molecule has 0 aliphatic carbocycles. The standard InChI is InChI=1S/C10H15N3O3S/c14-6-3-7(11-4-6)10-12-9(13-16-10)8-5-17-2-1-15-8/h6-8,11,14H,1-5H2/t6-,7+,8?/m0/s1. The molecule has 2 aliphatic heterocycles. The summed E-state index contributed by atoms with van der Waals surface area (Å²) in [5.41, 5.74) is 0. The molecule has 17 heavy (non-hydrogen) atoms. The predicted molar refractivity (Wildman–Crippen MR) is 61.7 cm³/mol. The van der Waals surface area contributed by atoms with Gasteiger partial charge >= 0.3 is 0 Å². The quantitative estimate of drug-likeness (QED) is 0.787. The van der Waals surface area contributed by atoms with Crippen molar-refractivity contribution in [2.45, 2.75) is 24.7 Å². The van der Waals surface area contributed by atoms with Gasteiger partial charge < -0.3 is 19.7 Å². The van der Waals surface area contributed by atoms with Crippen molar-refractivity contribution in [3.8, 4) is 0 Å². The number of nitrogens with zero attached hydrogens (tertiary/aromatic N) is 2. The van der Waals surface area contributed by atoms with E-state index in [1.807, 2.05) is 11.8 Å². The second-order valence-corrected chi connectivity index (χ2v) is 5.43. The topological polar surface area (TPSA) is 80.4 Å². The summed E-state index contributed by atoms with van der Waals surface area (Å²) in [6.45, 7) is 1.32. The van der Waals surface area contributed by atoms with Gasteiger partial charge in [-0.2, -0.15) is 16.7 Å². The molecule has 3 atom stereocenters. The van der Waals surface area contributed by atoms with E-state index in [-0.39, 0.29) is 18.2 Å². The van der Waals surface area contributed by atoms with Gasteiger partial charge in [0.15, 0.2) is 0 Å². The number of aliphatic hydroxyl groups excluding tert-OH is 1. The summed E-state index contributed by atoms with van der Waals surface area (Å²) in [4.78, 5) is 4.36. The van der Waals surface area contributed by atoms with E-state index in [0.717, 1.165) is 18.1 Å². The van der Waals surface area contributed by atoms with Crippen LogP contribution in [0.2, 0.25) is 0 Å². The van der Waals surface area contributed by atoms with Crippen LogP contribution < -0.4 is 5.32 Å². The first-order chi connectivity index (χ1) is 8.33. The third-order valence-corrected chi connectivity index (χ3v) is 3.96. The van der Waals surface area contributed by atoms with Gasteiger partial charge in [-0.25, -0.2) is 0 Å². The molecule has 6 nitrogen and oxygen atoms in total. The molecule has 0 spiro atoms. The maximum atomic E-state index is 9.44. The fourth-order valence-electron chi connectivity index (χ4n) is 2.06. The van der Waals surface area contributed by atoms with Crippen molar-refractivity contribution in [3.63, 3.8) is 0 Å². The van der Waals surface area contributed by atoms with Gasteiger partial charge in [-0.3, -0.25) is 0 Å². The van der Waals surface area contributed by atoms with E-state index in [2.05, 4.69) is 15.5 Å². The number of aliphatic hydroxyl groups is 1. The number of thioether (sulfide) groups is 1. The van der Waals surface area contributed by atoms with Gasteiger partial charge in [-0.1, -0.05) is 5.16 Å². The molecule has 7 heteroatoms. The van der Waals surface area contributed by atoms with E-state index < -0.39 is 0 Å². The highest BCUT2D eigenvalue weighted by Crippen LogP contribution is 2.27. The molecule has 1 aromatic rings. The lowest BCUT2D eigenvalue weighted by atomic mass is 10.2. The molecule has 2 aliphatic rings. The zero-order valence-electron chi connectivity index (χ0n) is 9.33. The smallest absolute Gasteiger partial charge is 0.243 e. The van der Waals surface area contributed by atoms with Gasteiger partial charge in [0.05, 0.1) is 18.8 Å². The Balaban J connectivity index is 1.69. The molecule has 2 saturated heterocycles. The predicted octanol–water partition coefficient (Wildman–Crippen LogP) is 0.269. The van der Waals surface area contributed by atoms with Gasteiger partial charge in [-0.15, -0.1) is 0 Å². The van der Waals surface area contributed by atoms with Crippen LogP contribution in [0, 0.1) is 0 Å². The van der Waals surface area contributed by atoms with E-state index in [9.17, 15) is 5.11 Å². The van der Waals surface area contributed by atoms with Crippen LogP contribution in [0.1, 0.15) is 30.3 Å². The number of rotatable bonds is 2. The molecular formula is C10H15N3O3S. The number of hydrogen-bond donors (Lipinski definition) is 2. The van der Waals surface area contributed by atoms with Crippen LogP contribution >= 0.6 is 11.8 Å². The number of β-amino-alcohol motifs (C(OH)–C–C–N with tert-alkyl or cyclic N) is 1. The van der Waals surface area contributed by atoms with Crippen molar-refractivity contribution in [3.05, 3.63) is 11.7 Å². The van der Waals surface area contributed by atoms with Crippen molar-refractivity contribution in [1.82, 2.24) is 15.5 Å². The Bertz CT molecular complexity index is 361. The van der Waals surface area contributed by atoms with Crippen LogP contribution in [0.5, 0.6) is 0 Å². The van der Waals surface area contributed by atoms with E-state index >= 15 is 0 Å². The van der Waals surface area contributed by atoms with Crippen LogP contribution in [-0.4, -0.2) is 46.0 Å². The average Bonchev–Trinajstić information content (AvgIpc) is 2.98. The van der Waals surface area contributed by atoms with Gasteiger partial charge in [0.25, 0.3) is 0 Å². The molecule has 1 unspecified atom stereocenters. The van der Waals surface area contributed by atoms with Crippen molar-refractivity contribution in [2.24, 2.45) is 0 Å². The Morgan fingerprint density at radius 1 is 1.47 bits per heavy atom. The Hall–Kier alpha value is -0.630. The molecule has 3 heterocycles. The number of nitrogens with one attached hydrogen (secondary N) is 1. The summed E-state index contributed by atoms with van der Waals surface area (Å²) in [5.74, 6) is 3.07. The Labute approximate surface area is 103 Å². The highest BCUT2D eigenvalue weighted by molar-refractivity contribution is 7.99. The summed E-state index contributed by atoms with van der Waals surface area (Å²) in [7, 11) is 0. The van der Waals surface area contributed by atoms with Gasteiger partial charge in [0.2, 0.25) is 11.7 Å². The summed E-state index contributed by atoms with van der Waals surface area (Å²) in [5, 5.41) is 16.5. The highest BCUT2D eigenvalue weighted by Gasteiger charge is 2.30. The maximum absolute atomic E-state index is 9.44. The van der Waals surface area contributed by atoms with Crippen molar-refractivity contribution < 1.29 is 14.4 Å². The second kappa shape index (κ2) is 4.93. The maximum Gasteiger partial charge on any atom is 0.243 e. The number of ether oxygens (including phenoxy) is 1. The summed E-state index contributed by atoms with van der Waals surface area (Å²) < 4.78 is 10.8. The minimum atomic E-state index is -0.322. The minimum absolute atomic E-state index is 0.0255. The molecule has 0 aromatic carbocycles. The highest BCUT2D eigenvalue weighted by atomic mass is 32.2. The summed E-state index contributed by atoms with van der Waals surface area (Å²) in [6.07, 6.45) is 0.247. The number of aromatic nitrogens is 2. The van der Waals surface area contributed by atoms with Crippen molar-refractivity contribution in [1.29, 1.82) is 0 Å². The summed E-state index contributed by atoms with van der Waals surface area (Å²) in [6, 6.07) is -0.0255. The zero-order valence-corrected chi connectivity index (χ0v) is 10.2. The van der Waals surface area contributed by atoms with Crippen LogP contribution in [0.25, 0.3) is 0 Å². The van der Waals surface area contributed by atoms with Gasteiger partial charge in [0.1, 0.15) is 6.10 Å². The molecule has 3 rings (SSSR count). The third-order valence-electron chi connectivity index (χ3n) is 2.97. The van der Waals surface area contributed by atoms with E-state index in [1.165, 1.54) is 0 Å². The lowest BCUT2D eigenvalue weighted by molar-refractivity contribution is 0.0677. The first-order valence-corrected chi connectivity index (χ1v) is 6.92. The molecule has 0 amide bonds. The minimum Gasteiger partial charge on any atom is -0.392 e. The van der Waals surface area contributed by atoms with Gasteiger partial charge in [0, 0.05) is 18.1 Å². The molecule has 94 valence electrons. The number of hydrogen-bond acceptors (Lipinski definition) is 7. The zero-order chi connectivity index (χ0) is 11.7. The fourth-order valence-corrected chi connectivity index (χ4v) is 2.90. The Morgan fingerprint density at radius 3 is 3.12 bits per heavy atom. The SMILES string of the molecule is O[C@@H]1CN[C@@H](c2nc(C3CSCCO3)no2)C1. The third kappa shape index (κ3) is 2.47. The molecule has 0 saturated carbocycles. The van der Waals surface area contributed by atoms with Crippen LogP contribution in [0.15, 0.2) is 4.52 Å². The lowest BCUT2D eigenvalue weighted by Crippen LogP contribution is -2.17. The molecule has 0 radical (unpaired) electrons. The molecular weight excluding hydrogens is 242 g/mol. The molecule has 0 bridgehead atoms. The van der Waals surface area contributed by atoms with Crippen molar-refractivity contribution in [2.75, 3.05) is 24.7 Å². The van der Waals surface area contributed by atoms with E-state index in [0.29, 0.717) is 24.7 Å². The first kappa shape index (κ1) is 11.5. The van der Waals surface area contributed by atoms with E-state index in [4.69, 9.17) is 9.26 Å². The second-order valence-electron chi connectivity index (χ2n) is 4.28. The molecule has 2 N–H and O–H groups in total. The van der Waals surface area contributed by atoms with Crippen LogP contribution in [0.4, 0.5) is 0 Å². The Kier molecular flexibility index (Phi) is 3.32. The molecule has 2 fully saturated rings. The first-order valence-electron chi connectivity index (χ1n) is 5.77. The van der Waals surface area contributed by atoms with E-state index in [1.54, 1.807) is 0 Å². The Morgan fingerprint density at radius 2 is 2.41 bits per heavy atom. The monoisotopic (exact) mass is 257 g/mol. The fraction of sp³-hybridized carbons (Fsp3) is 0.800. The largest absolute Gasteiger partial charge is 0.392 e. The molecule has 1 aromatic heterocycles. The van der Waals surface area contributed by atoms with Crippen LogP contribution in [-0.2, 0) is 4.74 Å². The summed E-state index contributed by atoms with van der Waals surface area (Å²) >= 11 is 1.84. The average molecular weight is 257 g/mol. The normalized spacial score (nSPS) is 34.1. The van der Waals surface area contributed by atoms with Crippen LogP contribution in [0.3, 0.4) is 0 Å². The van der Waals surface area contributed by atoms with Gasteiger partial charge in [-0.05, 0) is 6.42 Å².